The summed E-state index contributed by atoms with van der Waals surface area (Å²) in [4.78, 5) is 35.0. The van der Waals surface area contributed by atoms with Crippen molar-refractivity contribution in [2.75, 3.05) is 44.4 Å². The number of benzene rings is 3. The molecule has 0 fully saturated rings. The Balaban J connectivity index is 0.000000828. The van der Waals surface area contributed by atoms with Crippen molar-refractivity contribution in [1.29, 1.82) is 5.41 Å². The summed E-state index contributed by atoms with van der Waals surface area (Å²) in [5.41, 5.74) is 12.1. The molecule has 9 heteroatoms. The number of carbonyl (C=O) groups excluding carboxylic acids is 2. The number of carbonyl (C=O) groups is 2. The number of hydrogen-bond acceptors (Lipinski definition) is 7. The molecule has 9 nitrogen and oxygen atoms in total. The van der Waals surface area contributed by atoms with E-state index in [9.17, 15) is 9.59 Å². The number of amides is 1. The van der Waals surface area contributed by atoms with Gasteiger partial charge in [0.1, 0.15) is 5.78 Å². The van der Waals surface area contributed by atoms with Crippen molar-refractivity contribution < 1.29 is 14.7 Å². The zero-order valence-electron chi connectivity index (χ0n) is 32.5. The van der Waals surface area contributed by atoms with E-state index in [1.54, 1.807) is 27.7 Å². The maximum Gasteiger partial charge on any atom is 0.241 e. The van der Waals surface area contributed by atoms with Crippen LogP contribution >= 0.6 is 0 Å². The number of nitrogens with one attached hydrogen (secondary N) is 2. The molecule has 5 aromatic rings. The summed E-state index contributed by atoms with van der Waals surface area (Å²) in [6, 6.07) is 20.8. The molecule has 0 unspecified atom stereocenters. The van der Waals surface area contributed by atoms with Crippen molar-refractivity contribution >= 4 is 40.2 Å². The van der Waals surface area contributed by atoms with Crippen LogP contribution < -0.4 is 10.2 Å². The van der Waals surface area contributed by atoms with Crippen LogP contribution in [-0.2, 0) is 22.6 Å². The van der Waals surface area contributed by atoms with Gasteiger partial charge in [-0.15, -0.1) is 12.8 Å². The number of pyridine rings is 1. The number of terminal acetylenes is 1. The molecular weight excluding hydrogens is 661 g/mol. The van der Waals surface area contributed by atoms with Crippen LogP contribution in [0, 0.1) is 32.1 Å². The second-order valence-corrected chi connectivity index (χ2v) is 14.6. The first kappa shape index (κ1) is 40.2. The Morgan fingerprint density at radius 2 is 1.62 bits per heavy atom. The summed E-state index contributed by atoms with van der Waals surface area (Å²) >= 11 is 0. The number of nitrogens with zero attached hydrogens (tertiary/aromatic N) is 4. The first-order valence-electron chi connectivity index (χ1n) is 17.7. The molecule has 0 saturated heterocycles. The molecule has 0 aliphatic carbocycles. The number of hydrogen-bond donors (Lipinski definition) is 3. The molecule has 1 amide bonds. The molecule has 1 aliphatic rings. The molecule has 0 atom stereocenters. The Morgan fingerprint density at radius 3 is 2.21 bits per heavy atom. The van der Waals surface area contributed by atoms with E-state index in [1.807, 2.05) is 61.4 Å². The molecule has 0 spiro atoms. The average Bonchev–Trinajstić information content (AvgIpc) is 3.50. The van der Waals surface area contributed by atoms with Crippen molar-refractivity contribution in [3.8, 4) is 46.5 Å². The quantitative estimate of drug-likeness (QED) is 0.106. The van der Waals surface area contributed by atoms with E-state index in [1.165, 1.54) is 11.8 Å². The summed E-state index contributed by atoms with van der Waals surface area (Å²) in [6.45, 7) is 12.5. The van der Waals surface area contributed by atoms with Crippen LogP contribution in [0.4, 0.5) is 11.4 Å². The first-order valence-corrected chi connectivity index (χ1v) is 17.7. The molecular formula is C44H52N6O3. The van der Waals surface area contributed by atoms with Gasteiger partial charge < -0.3 is 30.2 Å². The molecule has 0 bridgehead atoms. The van der Waals surface area contributed by atoms with Crippen molar-refractivity contribution in [2.45, 2.75) is 60.1 Å². The molecule has 3 aromatic carbocycles. The largest absolute Gasteiger partial charge is 0.391 e. The second kappa shape index (κ2) is 16.8. The van der Waals surface area contributed by atoms with Gasteiger partial charge in [0.05, 0.1) is 29.0 Å². The fourth-order valence-electron chi connectivity index (χ4n) is 6.72. The molecule has 276 valence electrons. The topological polar surface area (TPSA) is 115 Å². The molecule has 3 heterocycles. The highest BCUT2D eigenvalue weighted by molar-refractivity contribution is 6.13. The number of anilines is 2. The number of Topliss-reactive ketones (excluding diaryl/α,β-unsaturated/α-hetero) is 1. The zero-order chi connectivity index (χ0) is 39.2. The van der Waals surface area contributed by atoms with Gasteiger partial charge in [-0.3, -0.25) is 14.6 Å². The van der Waals surface area contributed by atoms with Crippen LogP contribution in [0.2, 0.25) is 0 Å². The smallest absolute Gasteiger partial charge is 0.241 e. The maximum atomic E-state index is 13.7. The lowest BCUT2D eigenvalue weighted by Gasteiger charge is -2.33. The highest BCUT2D eigenvalue weighted by Gasteiger charge is 2.32. The third kappa shape index (κ3) is 9.09. The lowest BCUT2D eigenvalue weighted by molar-refractivity contribution is -0.119. The van der Waals surface area contributed by atoms with Gasteiger partial charge in [0, 0.05) is 72.4 Å². The Bertz CT molecular complexity index is 2150. The molecule has 3 N–H and O–H groups in total. The van der Waals surface area contributed by atoms with Crippen LogP contribution in [0.15, 0.2) is 66.9 Å². The van der Waals surface area contributed by atoms with Crippen molar-refractivity contribution in [2.24, 2.45) is 0 Å². The third-order valence-electron chi connectivity index (χ3n) is 8.86. The fraction of sp³-hybridized carbons (Fsp3) is 0.318. The van der Waals surface area contributed by atoms with Gasteiger partial charge in [-0.2, -0.15) is 0 Å². The Morgan fingerprint density at radius 1 is 0.981 bits per heavy atom. The number of ketones is 1. The first-order chi connectivity index (χ1) is 25.1. The summed E-state index contributed by atoms with van der Waals surface area (Å²) in [6.07, 6.45) is 11.5. The predicted octanol–water partition coefficient (Wildman–Crippen LogP) is 7.76. The second-order valence-electron chi connectivity index (χ2n) is 14.6. The highest BCUT2D eigenvalue weighted by Crippen LogP contribution is 2.47. The minimum atomic E-state index is -0.500. The van der Waals surface area contributed by atoms with Gasteiger partial charge in [0.2, 0.25) is 5.91 Å². The minimum Gasteiger partial charge on any atom is -0.391 e. The van der Waals surface area contributed by atoms with E-state index >= 15 is 0 Å². The lowest BCUT2D eigenvalue weighted by Crippen LogP contribution is -2.42. The van der Waals surface area contributed by atoms with Gasteiger partial charge in [-0.25, -0.2) is 0 Å². The van der Waals surface area contributed by atoms with Crippen molar-refractivity contribution in [3.05, 3.63) is 89.1 Å². The average molecular weight is 713 g/mol. The minimum absolute atomic E-state index is 0.0403. The van der Waals surface area contributed by atoms with Crippen LogP contribution in [0.3, 0.4) is 0 Å². The van der Waals surface area contributed by atoms with E-state index in [-0.39, 0.29) is 18.1 Å². The summed E-state index contributed by atoms with van der Waals surface area (Å²) in [5, 5.41) is 20.6. The summed E-state index contributed by atoms with van der Waals surface area (Å²) in [7, 11) is 5.66. The molecule has 0 saturated carbocycles. The molecule has 2 aromatic heterocycles. The van der Waals surface area contributed by atoms with E-state index < -0.39 is 5.60 Å². The number of rotatable bonds is 9. The summed E-state index contributed by atoms with van der Waals surface area (Å²) < 4.78 is 2.33. The van der Waals surface area contributed by atoms with Crippen LogP contribution in [-0.4, -0.2) is 77.3 Å². The van der Waals surface area contributed by atoms with E-state index in [0.717, 1.165) is 72.6 Å². The number of aryl methyl sites for hydroxylation is 1. The van der Waals surface area contributed by atoms with Crippen LogP contribution in [0.5, 0.6) is 0 Å². The van der Waals surface area contributed by atoms with Crippen LogP contribution in [0.25, 0.3) is 44.5 Å². The monoisotopic (exact) mass is 712 g/mol. The molecule has 1 aliphatic heterocycles. The van der Waals surface area contributed by atoms with Gasteiger partial charge in [0.25, 0.3) is 0 Å². The van der Waals surface area contributed by atoms with E-state index in [4.69, 9.17) is 15.5 Å². The van der Waals surface area contributed by atoms with Gasteiger partial charge in [-0.05, 0) is 108 Å². The van der Waals surface area contributed by atoms with Crippen molar-refractivity contribution in [1.82, 2.24) is 14.5 Å². The van der Waals surface area contributed by atoms with Crippen LogP contribution in [0.1, 0.15) is 49.9 Å². The highest BCUT2D eigenvalue weighted by atomic mass is 16.3. The van der Waals surface area contributed by atoms with Gasteiger partial charge in [0.15, 0.2) is 0 Å². The standard InChI is InChI=1S/C38H40N6O2.C4H10O.C2H2/c1-23-7-9-26(10-8-23)36-30(17-24(2)45)25(3)37-38-31(36)20-34(43(38)15-16-44(37)35(46)22-42(5)6)28-13-14-41-33(19-28)27-11-12-32(40-4)29(18-27)21-39;1-4(2,3)5;1-2/h7-14,18-21,39-40H,15-17,22H2,1-6H3;5H,1-3H3;1-2H. The van der Waals surface area contributed by atoms with Gasteiger partial charge >= 0.3 is 0 Å². The number of likely N-dealkylation sites (N-methyl/N-ethyl adjacent to an activating group) is 1. The summed E-state index contributed by atoms with van der Waals surface area (Å²) in [5.74, 6) is 0.121. The van der Waals surface area contributed by atoms with E-state index in [2.05, 4.69) is 73.0 Å². The normalized spacial score (nSPS) is 12.1. The SMILES string of the molecule is C#C.CC(C)(C)O.CNc1ccc(-c2cc(-c3cc4c(-c5ccc(C)cc5)c(CC(C)=O)c(C)c5c4n3CCN5C(=O)CN(C)C)ccn2)cc1C=N. The number of aliphatic hydroxyl groups is 1. The molecule has 0 radical (unpaired) electrons. The Labute approximate surface area is 314 Å². The number of aromatic nitrogens is 2. The predicted molar refractivity (Wildman–Crippen MR) is 220 cm³/mol. The van der Waals surface area contributed by atoms with Crippen molar-refractivity contribution in [3.63, 3.8) is 0 Å². The molecule has 6 rings (SSSR count). The van der Waals surface area contributed by atoms with Gasteiger partial charge in [-0.1, -0.05) is 35.9 Å². The Kier molecular flexibility index (Phi) is 12.8. The Hall–Kier alpha value is -5.56. The lowest BCUT2D eigenvalue weighted by atomic mass is 9.87. The fourth-order valence-corrected chi connectivity index (χ4v) is 6.72. The maximum absolute atomic E-state index is 13.7. The third-order valence-corrected chi connectivity index (χ3v) is 8.86. The zero-order valence-corrected chi connectivity index (χ0v) is 32.5. The van der Waals surface area contributed by atoms with E-state index in [0.29, 0.717) is 19.6 Å². The molecule has 53 heavy (non-hydrogen) atoms.